The van der Waals surface area contributed by atoms with E-state index in [-0.39, 0.29) is 11.5 Å². The van der Waals surface area contributed by atoms with E-state index in [1.54, 1.807) is 6.20 Å². The third-order valence-corrected chi connectivity index (χ3v) is 5.58. The van der Waals surface area contributed by atoms with Crippen LogP contribution in [-0.4, -0.2) is 58.2 Å². The maximum Gasteiger partial charge on any atom is 0.268 e. The Labute approximate surface area is 170 Å². The molecule has 0 bridgehead atoms. The number of aromatic nitrogens is 4. The molecule has 150 valence electrons. The molecule has 0 atom stereocenters. The van der Waals surface area contributed by atoms with Crippen molar-refractivity contribution >= 4 is 46.1 Å². The van der Waals surface area contributed by atoms with E-state index in [4.69, 9.17) is 26.6 Å². The molecule has 0 aromatic carbocycles. The molecule has 1 amide bonds. The van der Waals surface area contributed by atoms with Crippen molar-refractivity contribution in [3.05, 3.63) is 29.0 Å². The second-order valence-electron chi connectivity index (χ2n) is 6.45. The number of primary amides is 1. The zero-order valence-corrected chi connectivity index (χ0v) is 16.6. The van der Waals surface area contributed by atoms with Gasteiger partial charge in [0.05, 0.1) is 29.3 Å². The first-order valence-electron chi connectivity index (χ1n) is 8.95. The number of hydrogen-bond donors (Lipinski definition) is 3. The SMILES string of the molecule is Cc1nc(C(N)=O)c(-c2cc(N3CCOCC3)nc3c2cnn3/C(N)=C/C=N)s1. The molecule has 4 rings (SSSR count). The third-order valence-electron chi connectivity index (χ3n) is 4.57. The van der Waals surface area contributed by atoms with E-state index in [1.165, 1.54) is 22.1 Å². The fraction of sp³-hybridized carbons (Fsp3) is 0.278. The Morgan fingerprint density at radius 2 is 2.07 bits per heavy atom. The number of amides is 1. The number of fused-ring (bicyclic) bond motifs is 1. The Morgan fingerprint density at radius 3 is 2.76 bits per heavy atom. The first kappa shape index (κ1) is 19.0. The molecule has 10 nitrogen and oxygen atoms in total. The van der Waals surface area contributed by atoms with E-state index in [1.807, 2.05) is 13.0 Å². The lowest BCUT2D eigenvalue weighted by atomic mass is 10.1. The number of nitrogens with zero attached hydrogens (tertiary/aromatic N) is 5. The van der Waals surface area contributed by atoms with Crippen molar-refractivity contribution < 1.29 is 9.53 Å². The maximum atomic E-state index is 12.0. The summed E-state index contributed by atoms with van der Waals surface area (Å²) in [6, 6.07) is 1.93. The minimum atomic E-state index is -0.585. The van der Waals surface area contributed by atoms with Crippen LogP contribution in [0.4, 0.5) is 5.82 Å². The largest absolute Gasteiger partial charge is 0.384 e. The van der Waals surface area contributed by atoms with Crippen LogP contribution in [-0.2, 0) is 4.74 Å². The number of nitrogens with two attached hydrogens (primary N) is 2. The Bertz CT molecular complexity index is 1130. The summed E-state index contributed by atoms with van der Waals surface area (Å²) < 4.78 is 6.92. The van der Waals surface area contributed by atoms with Gasteiger partial charge in [-0.1, -0.05) is 0 Å². The Morgan fingerprint density at radius 1 is 1.31 bits per heavy atom. The van der Waals surface area contributed by atoms with Crippen molar-refractivity contribution in [3.63, 3.8) is 0 Å². The predicted molar refractivity (Wildman–Crippen MR) is 112 cm³/mol. The van der Waals surface area contributed by atoms with Gasteiger partial charge in [0.25, 0.3) is 5.91 Å². The lowest BCUT2D eigenvalue weighted by Crippen LogP contribution is -2.36. The molecule has 0 saturated carbocycles. The molecule has 3 aromatic heterocycles. The molecule has 11 heteroatoms. The van der Waals surface area contributed by atoms with Crippen LogP contribution < -0.4 is 16.4 Å². The lowest BCUT2D eigenvalue weighted by Gasteiger charge is -2.28. The highest BCUT2D eigenvalue weighted by molar-refractivity contribution is 7.15. The van der Waals surface area contributed by atoms with Gasteiger partial charge in [-0.25, -0.2) is 9.97 Å². The molecule has 1 fully saturated rings. The number of pyridine rings is 1. The van der Waals surface area contributed by atoms with Crippen molar-refractivity contribution in [3.8, 4) is 10.4 Å². The summed E-state index contributed by atoms with van der Waals surface area (Å²) >= 11 is 1.39. The Hall–Kier alpha value is -3.31. The molecule has 5 N–H and O–H groups in total. The number of rotatable bonds is 5. The van der Waals surface area contributed by atoms with Crippen LogP contribution in [0.25, 0.3) is 27.3 Å². The van der Waals surface area contributed by atoms with Crippen molar-refractivity contribution in [2.45, 2.75) is 6.92 Å². The van der Waals surface area contributed by atoms with Gasteiger partial charge in [0.1, 0.15) is 17.3 Å². The molecular formula is C18H20N8O2S. The van der Waals surface area contributed by atoms with Crippen molar-refractivity contribution in [1.29, 1.82) is 5.41 Å². The molecule has 1 saturated heterocycles. The first-order chi connectivity index (χ1) is 14.0. The summed E-state index contributed by atoms with van der Waals surface area (Å²) in [6.07, 6.45) is 4.17. The van der Waals surface area contributed by atoms with Gasteiger partial charge in [0.2, 0.25) is 0 Å². The average molecular weight is 412 g/mol. The standard InChI is InChI=1S/C18H20N8O2S/c1-10-23-15(17(21)27)16(29-10)11-8-14(25-4-6-28-7-5-25)24-18-12(11)9-22-26(18)13(20)2-3-19/h2-3,8-9,19H,4-7,20H2,1H3,(H2,21,27)/b13-2+,19-3?. The average Bonchev–Trinajstić information content (AvgIpc) is 3.32. The van der Waals surface area contributed by atoms with Crippen LogP contribution in [0.5, 0.6) is 0 Å². The Balaban J connectivity index is 1.99. The summed E-state index contributed by atoms with van der Waals surface area (Å²) in [5.74, 6) is 0.405. The van der Waals surface area contributed by atoms with Crippen LogP contribution in [0.1, 0.15) is 15.5 Å². The topological polar surface area (TPSA) is 149 Å². The van der Waals surface area contributed by atoms with Crippen LogP contribution in [0, 0.1) is 12.3 Å². The predicted octanol–water partition coefficient (Wildman–Crippen LogP) is 1.21. The summed E-state index contributed by atoms with van der Waals surface area (Å²) in [5.41, 5.74) is 13.2. The molecule has 4 heterocycles. The zero-order valence-electron chi connectivity index (χ0n) is 15.8. The molecule has 0 radical (unpaired) electrons. The first-order valence-corrected chi connectivity index (χ1v) is 9.77. The highest BCUT2D eigenvalue weighted by Crippen LogP contribution is 2.37. The van der Waals surface area contributed by atoms with Gasteiger partial charge in [-0.2, -0.15) is 9.78 Å². The fourth-order valence-corrected chi connectivity index (χ4v) is 4.21. The van der Waals surface area contributed by atoms with Gasteiger partial charge >= 0.3 is 0 Å². The van der Waals surface area contributed by atoms with Crippen LogP contribution in [0.3, 0.4) is 0 Å². The molecule has 0 aliphatic carbocycles. The maximum absolute atomic E-state index is 12.0. The number of aryl methyl sites for hydroxylation is 1. The summed E-state index contributed by atoms with van der Waals surface area (Å²) in [5, 5.41) is 13.1. The smallest absolute Gasteiger partial charge is 0.268 e. The molecule has 1 aliphatic rings. The molecule has 29 heavy (non-hydrogen) atoms. The Kier molecular flexibility index (Phi) is 4.99. The number of carbonyl (C=O) groups excluding carboxylic acids is 1. The van der Waals surface area contributed by atoms with Crippen LogP contribution >= 0.6 is 11.3 Å². The zero-order chi connectivity index (χ0) is 20.5. The summed E-state index contributed by atoms with van der Waals surface area (Å²) in [4.78, 5) is 23.8. The highest BCUT2D eigenvalue weighted by atomic mass is 32.1. The molecule has 0 unspecified atom stereocenters. The van der Waals surface area contributed by atoms with E-state index >= 15 is 0 Å². The van der Waals surface area contributed by atoms with E-state index in [9.17, 15) is 4.79 Å². The monoisotopic (exact) mass is 412 g/mol. The minimum Gasteiger partial charge on any atom is -0.384 e. The second kappa shape index (κ2) is 7.60. The number of nitrogens with one attached hydrogen (secondary N) is 1. The van der Waals surface area contributed by atoms with E-state index < -0.39 is 5.91 Å². The third kappa shape index (κ3) is 3.45. The number of thiazole rings is 1. The molecular weight excluding hydrogens is 392 g/mol. The second-order valence-corrected chi connectivity index (χ2v) is 7.66. The summed E-state index contributed by atoms with van der Waals surface area (Å²) in [6.45, 7) is 4.44. The van der Waals surface area contributed by atoms with E-state index in [0.29, 0.717) is 36.8 Å². The van der Waals surface area contributed by atoms with Crippen molar-refractivity contribution in [2.24, 2.45) is 11.5 Å². The molecule has 3 aromatic rings. The van der Waals surface area contributed by atoms with Crippen molar-refractivity contribution in [2.75, 3.05) is 31.2 Å². The van der Waals surface area contributed by atoms with E-state index in [2.05, 4.69) is 15.0 Å². The highest BCUT2D eigenvalue weighted by Gasteiger charge is 2.23. The van der Waals surface area contributed by atoms with Gasteiger partial charge in [0, 0.05) is 30.3 Å². The number of carbonyl (C=O) groups is 1. The van der Waals surface area contributed by atoms with Gasteiger partial charge in [-0.3, -0.25) is 4.79 Å². The van der Waals surface area contributed by atoms with Gasteiger partial charge in [-0.05, 0) is 19.1 Å². The number of allylic oxidation sites excluding steroid dienone is 1. The quantitative estimate of drug-likeness (QED) is 0.533. The van der Waals surface area contributed by atoms with Gasteiger partial charge in [-0.15, -0.1) is 11.3 Å². The van der Waals surface area contributed by atoms with Gasteiger partial charge in [0.15, 0.2) is 5.65 Å². The van der Waals surface area contributed by atoms with E-state index in [0.717, 1.165) is 28.0 Å². The number of hydrogen-bond acceptors (Lipinski definition) is 9. The summed E-state index contributed by atoms with van der Waals surface area (Å²) in [7, 11) is 0. The van der Waals surface area contributed by atoms with Crippen LogP contribution in [0.2, 0.25) is 0 Å². The molecule has 0 spiro atoms. The lowest BCUT2D eigenvalue weighted by molar-refractivity contribution is 0.0996. The van der Waals surface area contributed by atoms with Gasteiger partial charge < -0.3 is 26.5 Å². The number of morpholine rings is 1. The normalized spacial score (nSPS) is 15.1. The number of ether oxygens (including phenoxy) is 1. The minimum absolute atomic E-state index is 0.226. The number of anilines is 1. The fourth-order valence-electron chi connectivity index (χ4n) is 3.25. The molecule has 1 aliphatic heterocycles. The van der Waals surface area contributed by atoms with Crippen molar-refractivity contribution in [1.82, 2.24) is 19.7 Å². The van der Waals surface area contributed by atoms with Crippen LogP contribution in [0.15, 0.2) is 18.3 Å².